The summed E-state index contributed by atoms with van der Waals surface area (Å²) in [4.78, 5) is 4.62. The van der Waals surface area contributed by atoms with Crippen LogP contribution in [0.4, 0.5) is 0 Å². The second-order valence-electron chi connectivity index (χ2n) is 6.13. The highest BCUT2D eigenvalue weighted by molar-refractivity contribution is 5.79. The molecule has 1 unspecified atom stereocenters. The second-order valence-corrected chi connectivity index (χ2v) is 6.13. The zero-order valence-corrected chi connectivity index (χ0v) is 12.5. The van der Waals surface area contributed by atoms with E-state index in [1.807, 2.05) is 0 Å². The molecule has 18 heavy (non-hydrogen) atoms. The number of hydrogen-bond acceptors (Lipinski definition) is 2. The SMILES string of the molecule is CCNC(=NCC(OC)C(C)(C)C)NCC1CC1. The third kappa shape index (κ3) is 5.71. The highest BCUT2D eigenvalue weighted by atomic mass is 16.5. The summed E-state index contributed by atoms with van der Waals surface area (Å²) in [6, 6.07) is 0. The molecule has 0 amide bonds. The molecule has 0 aromatic carbocycles. The Morgan fingerprint density at radius 2 is 2.00 bits per heavy atom. The molecule has 4 heteroatoms. The molecule has 1 atom stereocenters. The van der Waals surface area contributed by atoms with Gasteiger partial charge in [-0.25, -0.2) is 0 Å². The van der Waals surface area contributed by atoms with Crippen LogP contribution in [0.15, 0.2) is 4.99 Å². The van der Waals surface area contributed by atoms with E-state index >= 15 is 0 Å². The van der Waals surface area contributed by atoms with Crippen LogP contribution < -0.4 is 10.6 Å². The van der Waals surface area contributed by atoms with Crippen LogP contribution in [-0.4, -0.2) is 38.8 Å². The standard InChI is InChI=1S/C14H29N3O/c1-6-15-13(16-9-11-7-8-11)17-10-12(18-5)14(2,3)4/h11-12H,6-10H2,1-5H3,(H2,15,16,17). The molecule has 0 radical (unpaired) electrons. The predicted octanol–water partition coefficient (Wildman–Crippen LogP) is 2.01. The van der Waals surface area contributed by atoms with Crippen molar-refractivity contribution in [2.45, 2.75) is 46.6 Å². The maximum absolute atomic E-state index is 5.52. The van der Waals surface area contributed by atoms with Gasteiger partial charge in [0, 0.05) is 20.2 Å². The minimum absolute atomic E-state index is 0.117. The Morgan fingerprint density at radius 1 is 1.33 bits per heavy atom. The molecule has 0 heterocycles. The monoisotopic (exact) mass is 255 g/mol. The molecule has 4 nitrogen and oxygen atoms in total. The molecular weight excluding hydrogens is 226 g/mol. The van der Waals surface area contributed by atoms with Crippen LogP contribution in [0.1, 0.15) is 40.5 Å². The van der Waals surface area contributed by atoms with Gasteiger partial charge in [0.15, 0.2) is 5.96 Å². The van der Waals surface area contributed by atoms with Crippen LogP contribution in [0.2, 0.25) is 0 Å². The highest BCUT2D eigenvalue weighted by Gasteiger charge is 2.24. The first-order valence-corrected chi connectivity index (χ1v) is 7.02. The molecule has 0 aliphatic heterocycles. The Labute approximate surface area is 112 Å². The van der Waals surface area contributed by atoms with Gasteiger partial charge in [-0.3, -0.25) is 4.99 Å². The van der Waals surface area contributed by atoms with Gasteiger partial charge in [-0.15, -0.1) is 0 Å². The lowest BCUT2D eigenvalue weighted by Crippen LogP contribution is -2.40. The average Bonchev–Trinajstić information content (AvgIpc) is 3.08. The van der Waals surface area contributed by atoms with E-state index in [0.717, 1.165) is 25.0 Å². The van der Waals surface area contributed by atoms with Crippen molar-refractivity contribution in [2.24, 2.45) is 16.3 Å². The molecule has 0 aromatic rings. The summed E-state index contributed by atoms with van der Waals surface area (Å²) in [6.07, 6.45) is 2.86. The summed E-state index contributed by atoms with van der Waals surface area (Å²) in [5, 5.41) is 6.68. The Morgan fingerprint density at radius 3 is 2.44 bits per heavy atom. The number of aliphatic imine (C=N–C) groups is 1. The highest BCUT2D eigenvalue weighted by Crippen LogP contribution is 2.27. The van der Waals surface area contributed by atoms with Crippen molar-refractivity contribution in [3.05, 3.63) is 0 Å². The molecule has 1 aliphatic carbocycles. The molecule has 1 rings (SSSR count). The maximum Gasteiger partial charge on any atom is 0.191 e. The van der Waals surface area contributed by atoms with Gasteiger partial charge >= 0.3 is 0 Å². The smallest absolute Gasteiger partial charge is 0.191 e. The summed E-state index contributed by atoms with van der Waals surface area (Å²) < 4.78 is 5.52. The van der Waals surface area contributed by atoms with Gasteiger partial charge in [0.2, 0.25) is 0 Å². The molecule has 0 bridgehead atoms. The van der Waals surface area contributed by atoms with Gasteiger partial charge < -0.3 is 15.4 Å². The van der Waals surface area contributed by atoms with Crippen LogP contribution in [0.5, 0.6) is 0 Å². The lowest BCUT2D eigenvalue weighted by atomic mass is 9.89. The maximum atomic E-state index is 5.52. The van der Waals surface area contributed by atoms with Crippen molar-refractivity contribution in [2.75, 3.05) is 26.7 Å². The number of hydrogen-bond donors (Lipinski definition) is 2. The van der Waals surface area contributed by atoms with Crippen LogP contribution in [0.3, 0.4) is 0 Å². The summed E-state index contributed by atoms with van der Waals surface area (Å²) in [5.74, 6) is 1.77. The van der Waals surface area contributed by atoms with E-state index in [1.54, 1.807) is 7.11 Å². The zero-order chi connectivity index (χ0) is 13.6. The number of methoxy groups -OCH3 is 1. The first kappa shape index (κ1) is 15.3. The molecule has 2 N–H and O–H groups in total. The molecule has 0 spiro atoms. The van der Waals surface area contributed by atoms with Crippen LogP contribution in [0, 0.1) is 11.3 Å². The van der Waals surface area contributed by atoms with Gasteiger partial charge in [-0.1, -0.05) is 20.8 Å². The fourth-order valence-electron chi connectivity index (χ4n) is 1.78. The van der Waals surface area contributed by atoms with Gasteiger partial charge in [0.25, 0.3) is 0 Å². The van der Waals surface area contributed by atoms with Crippen molar-refractivity contribution < 1.29 is 4.74 Å². The Balaban J connectivity index is 2.45. The first-order valence-electron chi connectivity index (χ1n) is 7.02. The quantitative estimate of drug-likeness (QED) is 0.564. The van der Waals surface area contributed by atoms with E-state index in [4.69, 9.17) is 4.74 Å². The summed E-state index contributed by atoms with van der Waals surface area (Å²) in [7, 11) is 1.76. The van der Waals surface area contributed by atoms with E-state index in [-0.39, 0.29) is 11.5 Å². The van der Waals surface area contributed by atoms with Crippen LogP contribution >= 0.6 is 0 Å². The minimum Gasteiger partial charge on any atom is -0.379 e. The summed E-state index contributed by atoms with van der Waals surface area (Å²) in [6.45, 7) is 11.3. The van der Waals surface area contributed by atoms with E-state index < -0.39 is 0 Å². The Hall–Kier alpha value is -0.770. The summed E-state index contributed by atoms with van der Waals surface area (Å²) in [5.41, 5.74) is 0.117. The molecule has 1 saturated carbocycles. The molecule has 0 aromatic heterocycles. The van der Waals surface area contributed by atoms with Crippen molar-refractivity contribution in [1.29, 1.82) is 0 Å². The zero-order valence-electron chi connectivity index (χ0n) is 12.5. The molecular formula is C14H29N3O. The largest absolute Gasteiger partial charge is 0.379 e. The Kier molecular flexibility index (Phi) is 5.93. The van der Waals surface area contributed by atoms with Gasteiger partial charge in [0.1, 0.15) is 0 Å². The van der Waals surface area contributed by atoms with E-state index in [0.29, 0.717) is 6.54 Å². The topological polar surface area (TPSA) is 45.7 Å². The lowest BCUT2D eigenvalue weighted by molar-refractivity contribution is 0.0241. The number of guanidine groups is 1. The number of nitrogens with one attached hydrogen (secondary N) is 2. The van der Waals surface area contributed by atoms with Crippen molar-refractivity contribution in [3.8, 4) is 0 Å². The van der Waals surface area contributed by atoms with E-state index in [2.05, 4.69) is 43.3 Å². The van der Waals surface area contributed by atoms with Crippen molar-refractivity contribution in [3.63, 3.8) is 0 Å². The molecule has 0 saturated heterocycles. The van der Waals surface area contributed by atoms with Crippen LogP contribution in [0.25, 0.3) is 0 Å². The minimum atomic E-state index is 0.117. The summed E-state index contributed by atoms with van der Waals surface area (Å²) >= 11 is 0. The number of nitrogens with zero attached hydrogens (tertiary/aromatic N) is 1. The second kappa shape index (κ2) is 6.98. The van der Waals surface area contributed by atoms with E-state index in [1.165, 1.54) is 12.8 Å². The van der Waals surface area contributed by atoms with Gasteiger partial charge in [-0.05, 0) is 31.1 Å². The third-order valence-electron chi connectivity index (χ3n) is 3.26. The van der Waals surface area contributed by atoms with E-state index in [9.17, 15) is 0 Å². The normalized spacial score (nSPS) is 18.6. The van der Waals surface area contributed by atoms with Gasteiger partial charge in [0.05, 0.1) is 12.6 Å². The lowest BCUT2D eigenvalue weighted by Gasteiger charge is -2.28. The number of rotatable bonds is 6. The fourth-order valence-corrected chi connectivity index (χ4v) is 1.78. The molecule has 106 valence electrons. The Bertz CT molecular complexity index is 267. The van der Waals surface area contributed by atoms with Crippen LogP contribution in [-0.2, 0) is 4.74 Å². The average molecular weight is 255 g/mol. The third-order valence-corrected chi connectivity index (χ3v) is 3.26. The van der Waals surface area contributed by atoms with Crippen molar-refractivity contribution >= 4 is 5.96 Å². The van der Waals surface area contributed by atoms with Gasteiger partial charge in [-0.2, -0.15) is 0 Å². The molecule has 1 aliphatic rings. The first-order chi connectivity index (χ1) is 8.47. The van der Waals surface area contributed by atoms with Crippen molar-refractivity contribution in [1.82, 2.24) is 10.6 Å². The fraction of sp³-hybridized carbons (Fsp3) is 0.929. The molecule has 1 fully saturated rings. The predicted molar refractivity (Wildman–Crippen MR) is 77.0 cm³/mol. The number of ether oxygens (including phenoxy) is 1.